The molecule has 2 aromatic carbocycles. The average Bonchev–Trinajstić information content (AvgIpc) is 2.95. The number of pyridine rings is 2. The highest BCUT2D eigenvalue weighted by atomic mass is 16.5. The molecule has 0 spiro atoms. The molecule has 0 atom stereocenters. The monoisotopic (exact) mass is 477 g/mol. The highest BCUT2D eigenvalue weighted by molar-refractivity contribution is 6.06. The summed E-state index contributed by atoms with van der Waals surface area (Å²) in [5.74, 6) is 11.3. The third-order valence-corrected chi connectivity index (χ3v) is 5.95. The molecule has 2 amide bonds. The smallest absolute Gasteiger partial charge is 0.265 e. The molecule has 0 radical (unpaired) electrons. The van der Waals surface area contributed by atoms with Gasteiger partial charge in [-0.25, -0.2) is 10.8 Å². The zero-order chi connectivity index (χ0) is 24.9. The standard InChI is InChI=1S/C28H23N5O3/c29-32-27(34)23-17-26(31-25-11-12-30-18-24(23)25)21-7-3-19(4-8-21)1-2-20-5-9-22(10-6-20)28(35)33-13-15-36-16-14-33/h3-12,17-18H,13-16,29H2,(H,32,34). The summed E-state index contributed by atoms with van der Waals surface area (Å²) in [5, 5.41) is 0.629. The second-order valence-corrected chi connectivity index (χ2v) is 8.23. The van der Waals surface area contributed by atoms with Crippen molar-refractivity contribution in [2.75, 3.05) is 26.3 Å². The molecule has 1 fully saturated rings. The van der Waals surface area contributed by atoms with Crippen LogP contribution in [-0.2, 0) is 4.74 Å². The number of benzene rings is 2. The molecule has 3 heterocycles. The second kappa shape index (κ2) is 10.4. The minimum Gasteiger partial charge on any atom is -0.378 e. The van der Waals surface area contributed by atoms with Crippen LogP contribution in [0, 0.1) is 11.8 Å². The van der Waals surface area contributed by atoms with Gasteiger partial charge in [0.15, 0.2) is 0 Å². The number of rotatable bonds is 3. The molecule has 0 saturated carbocycles. The fourth-order valence-electron chi connectivity index (χ4n) is 4.00. The third kappa shape index (κ3) is 4.93. The molecule has 0 aliphatic carbocycles. The van der Waals surface area contributed by atoms with E-state index in [1.54, 1.807) is 41.6 Å². The van der Waals surface area contributed by atoms with Gasteiger partial charge in [0.1, 0.15) is 0 Å². The Kier molecular flexibility index (Phi) is 6.67. The number of hydrogen-bond acceptors (Lipinski definition) is 6. The lowest BCUT2D eigenvalue weighted by Crippen LogP contribution is -2.40. The zero-order valence-corrected chi connectivity index (χ0v) is 19.4. The van der Waals surface area contributed by atoms with Gasteiger partial charge in [-0.05, 0) is 48.5 Å². The van der Waals surface area contributed by atoms with E-state index in [1.165, 1.54) is 0 Å². The largest absolute Gasteiger partial charge is 0.378 e. The molecule has 1 saturated heterocycles. The number of aromatic nitrogens is 2. The molecule has 3 N–H and O–H groups in total. The highest BCUT2D eigenvalue weighted by Crippen LogP contribution is 2.24. The van der Waals surface area contributed by atoms with Crippen LogP contribution in [0.1, 0.15) is 31.8 Å². The first-order valence-corrected chi connectivity index (χ1v) is 11.5. The second-order valence-electron chi connectivity index (χ2n) is 8.23. The number of nitrogens with two attached hydrogens (primary N) is 1. The van der Waals surface area contributed by atoms with Gasteiger partial charge < -0.3 is 9.64 Å². The number of fused-ring (bicyclic) bond motifs is 1. The Morgan fingerprint density at radius 2 is 1.61 bits per heavy atom. The summed E-state index contributed by atoms with van der Waals surface area (Å²) in [6, 6.07) is 18.4. The number of morpholine rings is 1. The van der Waals surface area contributed by atoms with Crippen molar-refractivity contribution in [1.82, 2.24) is 20.3 Å². The number of carbonyl (C=O) groups is 2. The summed E-state index contributed by atoms with van der Waals surface area (Å²) < 4.78 is 5.31. The topological polar surface area (TPSA) is 110 Å². The quantitative estimate of drug-likeness (QED) is 0.203. The average molecular weight is 478 g/mol. The fourth-order valence-corrected chi connectivity index (χ4v) is 4.00. The fraction of sp³-hybridized carbons (Fsp3) is 0.143. The molecule has 4 aromatic rings. The van der Waals surface area contributed by atoms with Gasteiger partial charge in [0.25, 0.3) is 11.8 Å². The number of amides is 2. The van der Waals surface area contributed by atoms with Crippen molar-refractivity contribution < 1.29 is 14.3 Å². The van der Waals surface area contributed by atoms with E-state index >= 15 is 0 Å². The molecular formula is C28H23N5O3. The van der Waals surface area contributed by atoms with Gasteiger partial charge in [-0.15, -0.1) is 0 Å². The summed E-state index contributed by atoms with van der Waals surface area (Å²) in [5.41, 5.74) is 7.03. The van der Waals surface area contributed by atoms with Gasteiger partial charge in [-0.3, -0.25) is 20.0 Å². The Balaban J connectivity index is 1.34. The van der Waals surface area contributed by atoms with E-state index in [0.717, 1.165) is 16.7 Å². The van der Waals surface area contributed by atoms with Crippen molar-refractivity contribution in [2.24, 2.45) is 5.84 Å². The number of carbonyl (C=O) groups excluding carboxylic acids is 2. The highest BCUT2D eigenvalue weighted by Gasteiger charge is 2.18. The Morgan fingerprint density at radius 3 is 2.28 bits per heavy atom. The first-order chi connectivity index (χ1) is 17.6. The predicted molar refractivity (Wildman–Crippen MR) is 136 cm³/mol. The number of ether oxygens (including phenoxy) is 1. The third-order valence-electron chi connectivity index (χ3n) is 5.95. The van der Waals surface area contributed by atoms with Crippen LogP contribution in [0.3, 0.4) is 0 Å². The molecule has 5 rings (SSSR count). The summed E-state index contributed by atoms with van der Waals surface area (Å²) in [7, 11) is 0. The molecule has 2 aromatic heterocycles. The first-order valence-electron chi connectivity index (χ1n) is 11.5. The summed E-state index contributed by atoms with van der Waals surface area (Å²) in [4.78, 5) is 35.4. The molecule has 1 aliphatic heterocycles. The summed E-state index contributed by atoms with van der Waals surface area (Å²) >= 11 is 0. The number of nitrogen functional groups attached to an aromatic ring is 1. The SMILES string of the molecule is NNC(=O)c1cc(-c2ccc(C#Cc3ccc(C(=O)N4CCOCC4)cc3)cc2)nc2ccncc12. The van der Waals surface area contributed by atoms with Gasteiger partial charge >= 0.3 is 0 Å². The van der Waals surface area contributed by atoms with Crippen LogP contribution < -0.4 is 11.3 Å². The predicted octanol–water partition coefficient (Wildman–Crippen LogP) is 2.77. The van der Waals surface area contributed by atoms with Crippen LogP contribution in [0.2, 0.25) is 0 Å². The van der Waals surface area contributed by atoms with Crippen LogP contribution in [0.5, 0.6) is 0 Å². The normalized spacial score (nSPS) is 13.1. The Bertz CT molecular complexity index is 1480. The molecule has 0 bridgehead atoms. The van der Waals surface area contributed by atoms with Crippen LogP contribution in [0.15, 0.2) is 73.1 Å². The lowest BCUT2D eigenvalue weighted by atomic mass is 10.0. The van der Waals surface area contributed by atoms with Crippen molar-refractivity contribution in [2.45, 2.75) is 0 Å². The van der Waals surface area contributed by atoms with Gasteiger partial charge in [0.2, 0.25) is 0 Å². The van der Waals surface area contributed by atoms with Crippen LogP contribution >= 0.6 is 0 Å². The minimum absolute atomic E-state index is 0.0130. The van der Waals surface area contributed by atoms with Crippen molar-refractivity contribution in [1.29, 1.82) is 0 Å². The maximum Gasteiger partial charge on any atom is 0.265 e. The van der Waals surface area contributed by atoms with Crippen molar-refractivity contribution in [3.8, 4) is 23.1 Å². The van der Waals surface area contributed by atoms with E-state index < -0.39 is 5.91 Å². The molecule has 8 nitrogen and oxygen atoms in total. The molecule has 0 unspecified atom stereocenters. The van der Waals surface area contributed by atoms with Crippen LogP contribution in [0.4, 0.5) is 0 Å². The van der Waals surface area contributed by atoms with Crippen LogP contribution in [-0.4, -0.2) is 53.0 Å². The van der Waals surface area contributed by atoms with Crippen LogP contribution in [0.25, 0.3) is 22.2 Å². The minimum atomic E-state index is -0.406. The summed E-state index contributed by atoms with van der Waals surface area (Å²) in [6.45, 7) is 2.38. The molecule has 8 heteroatoms. The Morgan fingerprint density at radius 1 is 0.944 bits per heavy atom. The van der Waals surface area contributed by atoms with E-state index in [-0.39, 0.29) is 5.91 Å². The first kappa shape index (κ1) is 23.2. The number of hydrogen-bond donors (Lipinski definition) is 2. The van der Waals surface area contributed by atoms with Gasteiger partial charge in [0, 0.05) is 53.1 Å². The summed E-state index contributed by atoms with van der Waals surface area (Å²) in [6.07, 6.45) is 3.23. The van der Waals surface area contributed by atoms with Gasteiger partial charge in [0.05, 0.1) is 30.0 Å². The Labute approximate surface area is 208 Å². The van der Waals surface area contributed by atoms with Gasteiger partial charge in [-0.1, -0.05) is 24.0 Å². The van der Waals surface area contributed by atoms with Crippen molar-refractivity contribution >= 4 is 22.7 Å². The maximum absolute atomic E-state index is 12.6. The lowest BCUT2D eigenvalue weighted by molar-refractivity contribution is 0.0303. The number of nitrogens with zero attached hydrogens (tertiary/aromatic N) is 3. The maximum atomic E-state index is 12.6. The molecule has 36 heavy (non-hydrogen) atoms. The van der Waals surface area contributed by atoms with E-state index in [9.17, 15) is 9.59 Å². The van der Waals surface area contributed by atoms with E-state index in [2.05, 4.69) is 27.2 Å². The zero-order valence-electron chi connectivity index (χ0n) is 19.4. The molecular weight excluding hydrogens is 454 g/mol. The van der Waals surface area contributed by atoms with E-state index in [0.29, 0.717) is 54.0 Å². The lowest BCUT2D eigenvalue weighted by Gasteiger charge is -2.26. The van der Waals surface area contributed by atoms with E-state index in [4.69, 9.17) is 10.6 Å². The molecule has 178 valence electrons. The number of nitrogens with one attached hydrogen (secondary N) is 1. The van der Waals surface area contributed by atoms with Crippen molar-refractivity contribution in [3.05, 3.63) is 95.3 Å². The van der Waals surface area contributed by atoms with E-state index in [1.807, 2.05) is 36.4 Å². The number of hydrazine groups is 1. The molecule has 1 aliphatic rings. The van der Waals surface area contributed by atoms with Crippen molar-refractivity contribution in [3.63, 3.8) is 0 Å². The Hall–Kier alpha value is -4.58. The van der Waals surface area contributed by atoms with Gasteiger partial charge in [-0.2, -0.15) is 0 Å².